The van der Waals surface area contributed by atoms with E-state index in [-0.39, 0.29) is 5.60 Å². The lowest BCUT2D eigenvalue weighted by Gasteiger charge is -2.38. The maximum absolute atomic E-state index is 5.90. The SMILES string of the molecule is CCC1(C)CC(Nc2ccc3c(c2)OC(C)(C)O3)CCO1. The molecule has 21 heavy (non-hydrogen) atoms. The lowest BCUT2D eigenvalue weighted by molar-refractivity contribution is -0.0708. The Balaban J connectivity index is 1.69. The maximum Gasteiger partial charge on any atom is 0.246 e. The van der Waals surface area contributed by atoms with Crippen molar-refractivity contribution >= 4 is 5.69 Å². The summed E-state index contributed by atoms with van der Waals surface area (Å²) in [5.41, 5.74) is 1.08. The van der Waals surface area contributed by atoms with Crippen molar-refractivity contribution in [1.82, 2.24) is 0 Å². The molecule has 1 N–H and O–H groups in total. The molecule has 1 aromatic carbocycles. The fraction of sp³-hybridized carbons (Fsp3) is 0.647. The van der Waals surface area contributed by atoms with Crippen molar-refractivity contribution in [3.63, 3.8) is 0 Å². The molecule has 116 valence electrons. The Kier molecular flexibility index (Phi) is 3.52. The van der Waals surface area contributed by atoms with Crippen molar-refractivity contribution in [2.24, 2.45) is 0 Å². The Hall–Kier alpha value is -1.42. The molecule has 1 fully saturated rings. The molecule has 3 rings (SSSR count). The summed E-state index contributed by atoms with van der Waals surface area (Å²) in [6.07, 6.45) is 3.11. The minimum Gasteiger partial charge on any atom is -0.449 e. The summed E-state index contributed by atoms with van der Waals surface area (Å²) in [5.74, 6) is 1.06. The second-order valence-electron chi connectivity index (χ2n) is 6.75. The minimum atomic E-state index is -0.569. The molecule has 0 amide bonds. The average Bonchev–Trinajstić information content (AvgIpc) is 2.72. The number of fused-ring (bicyclic) bond motifs is 1. The van der Waals surface area contributed by atoms with Crippen LogP contribution in [0.1, 0.15) is 47.0 Å². The molecule has 0 bridgehead atoms. The minimum absolute atomic E-state index is 0.00571. The van der Waals surface area contributed by atoms with E-state index in [1.165, 1.54) is 0 Å². The first kappa shape index (κ1) is 14.5. The number of hydrogen-bond donors (Lipinski definition) is 1. The molecule has 0 spiro atoms. The average molecular weight is 291 g/mol. The van der Waals surface area contributed by atoms with Crippen LogP contribution in [0.25, 0.3) is 0 Å². The molecule has 2 aliphatic heterocycles. The number of rotatable bonds is 3. The van der Waals surface area contributed by atoms with E-state index in [4.69, 9.17) is 14.2 Å². The summed E-state index contributed by atoms with van der Waals surface area (Å²) in [7, 11) is 0. The zero-order chi connectivity index (χ0) is 15.1. The van der Waals surface area contributed by atoms with Crippen LogP contribution in [0.2, 0.25) is 0 Å². The monoisotopic (exact) mass is 291 g/mol. The van der Waals surface area contributed by atoms with Crippen molar-refractivity contribution in [3.8, 4) is 11.5 Å². The van der Waals surface area contributed by atoms with E-state index in [1.54, 1.807) is 0 Å². The Morgan fingerprint density at radius 2 is 1.95 bits per heavy atom. The maximum atomic E-state index is 5.90. The fourth-order valence-corrected chi connectivity index (χ4v) is 3.05. The summed E-state index contributed by atoms with van der Waals surface area (Å²) < 4.78 is 17.4. The van der Waals surface area contributed by atoms with Crippen molar-refractivity contribution in [3.05, 3.63) is 18.2 Å². The predicted molar refractivity (Wildman–Crippen MR) is 83.1 cm³/mol. The molecule has 2 unspecified atom stereocenters. The highest BCUT2D eigenvalue weighted by Crippen LogP contribution is 2.41. The Morgan fingerprint density at radius 3 is 2.71 bits per heavy atom. The van der Waals surface area contributed by atoms with Gasteiger partial charge in [-0.05, 0) is 38.3 Å². The molecule has 4 heteroatoms. The normalized spacial score (nSPS) is 30.2. The first-order valence-corrected chi connectivity index (χ1v) is 7.82. The Bertz CT molecular complexity index is 529. The largest absolute Gasteiger partial charge is 0.449 e. The van der Waals surface area contributed by atoms with Crippen molar-refractivity contribution in [1.29, 1.82) is 0 Å². The van der Waals surface area contributed by atoms with Gasteiger partial charge in [-0.1, -0.05) is 6.92 Å². The first-order chi connectivity index (χ1) is 9.89. The molecular formula is C17H25NO3. The van der Waals surface area contributed by atoms with Crippen LogP contribution in [0.4, 0.5) is 5.69 Å². The van der Waals surface area contributed by atoms with Crippen LogP contribution in [0.5, 0.6) is 11.5 Å². The van der Waals surface area contributed by atoms with Crippen LogP contribution < -0.4 is 14.8 Å². The van der Waals surface area contributed by atoms with Gasteiger partial charge >= 0.3 is 0 Å². The van der Waals surface area contributed by atoms with Crippen molar-refractivity contribution in [2.45, 2.75) is 64.4 Å². The van der Waals surface area contributed by atoms with Gasteiger partial charge in [-0.25, -0.2) is 0 Å². The molecule has 2 heterocycles. The zero-order valence-electron chi connectivity index (χ0n) is 13.4. The van der Waals surface area contributed by atoms with Gasteiger partial charge in [0.25, 0.3) is 0 Å². The van der Waals surface area contributed by atoms with E-state index in [1.807, 2.05) is 26.0 Å². The van der Waals surface area contributed by atoms with Crippen LogP contribution in [-0.4, -0.2) is 24.0 Å². The van der Waals surface area contributed by atoms with Crippen molar-refractivity contribution in [2.75, 3.05) is 11.9 Å². The summed E-state index contributed by atoms with van der Waals surface area (Å²) in [4.78, 5) is 0. The summed E-state index contributed by atoms with van der Waals surface area (Å²) >= 11 is 0. The number of anilines is 1. The third-order valence-electron chi connectivity index (χ3n) is 4.37. The highest BCUT2D eigenvalue weighted by Gasteiger charge is 2.33. The van der Waals surface area contributed by atoms with E-state index in [0.717, 1.165) is 43.1 Å². The summed E-state index contributed by atoms with van der Waals surface area (Å²) in [6, 6.07) is 6.51. The molecule has 1 saturated heterocycles. The number of nitrogens with one attached hydrogen (secondary N) is 1. The van der Waals surface area contributed by atoms with Gasteiger partial charge in [-0.2, -0.15) is 0 Å². The summed E-state index contributed by atoms with van der Waals surface area (Å²) in [5, 5.41) is 3.61. The number of ether oxygens (including phenoxy) is 3. The van der Waals surface area contributed by atoms with Crippen LogP contribution in [-0.2, 0) is 4.74 Å². The molecule has 1 aromatic rings. The van der Waals surface area contributed by atoms with Gasteiger partial charge < -0.3 is 19.5 Å². The van der Waals surface area contributed by atoms with Crippen LogP contribution >= 0.6 is 0 Å². The molecule has 0 aromatic heterocycles. The Labute approximate surface area is 126 Å². The lowest BCUT2D eigenvalue weighted by atomic mass is 9.90. The van der Waals surface area contributed by atoms with Gasteiger partial charge in [-0.15, -0.1) is 0 Å². The molecule has 2 aliphatic rings. The standard InChI is InChI=1S/C17H25NO3/c1-5-17(4)11-13(8-9-19-17)18-12-6-7-14-15(10-12)21-16(2,3)20-14/h6-7,10,13,18H,5,8-9,11H2,1-4H3. The first-order valence-electron chi connectivity index (χ1n) is 7.82. The highest BCUT2D eigenvalue weighted by atomic mass is 16.7. The third-order valence-corrected chi connectivity index (χ3v) is 4.37. The second kappa shape index (κ2) is 5.09. The third kappa shape index (κ3) is 3.10. The smallest absolute Gasteiger partial charge is 0.246 e. The molecular weight excluding hydrogens is 266 g/mol. The van der Waals surface area contributed by atoms with E-state index < -0.39 is 5.79 Å². The van der Waals surface area contributed by atoms with Crippen LogP contribution in [0.15, 0.2) is 18.2 Å². The molecule has 4 nitrogen and oxygen atoms in total. The number of hydrogen-bond acceptors (Lipinski definition) is 4. The van der Waals surface area contributed by atoms with E-state index in [0.29, 0.717) is 6.04 Å². The van der Waals surface area contributed by atoms with E-state index in [9.17, 15) is 0 Å². The van der Waals surface area contributed by atoms with Gasteiger partial charge in [0.2, 0.25) is 5.79 Å². The van der Waals surface area contributed by atoms with Gasteiger partial charge in [0.1, 0.15) is 0 Å². The number of benzene rings is 1. The van der Waals surface area contributed by atoms with Gasteiger partial charge in [0.15, 0.2) is 11.5 Å². The fourth-order valence-electron chi connectivity index (χ4n) is 3.05. The molecule has 0 aliphatic carbocycles. The predicted octanol–water partition coefficient (Wildman–Crippen LogP) is 3.95. The van der Waals surface area contributed by atoms with Gasteiger partial charge in [0, 0.05) is 38.2 Å². The molecule has 2 atom stereocenters. The highest BCUT2D eigenvalue weighted by molar-refractivity contribution is 5.56. The lowest BCUT2D eigenvalue weighted by Crippen LogP contribution is -2.41. The molecule has 0 saturated carbocycles. The van der Waals surface area contributed by atoms with Crippen molar-refractivity contribution < 1.29 is 14.2 Å². The van der Waals surface area contributed by atoms with Crippen LogP contribution in [0.3, 0.4) is 0 Å². The van der Waals surface area contributed by atoms with Crippen LogP contribution in [0, 0.1) is 0 Å². The molecule has 0 radical (unpaired) electrons. The van der Waals surface area contributed by atoms with E-state index >= 15 is 0 Å². The zero-order valence-corrected chi connectivity index (χ0v) is 13.4. The Morgan fingerprint density at radius 1 is 1.19 bits per heavy atom. The van der Waals surface area contributed by atoms with E-state index in [2.05, 4.69) is 25.2 Å². The topological polar surface area (TPSA) is 39.7 Å². The summed E-state index contributed by atoms with van der Waals surface area (Å²) in [6.45, 7) is 9.05. The second-order valence-corrected chi connectivity index (χ2v) is 6.75. The van der Waals surface area contributed by atoms with Gasteiger partial charge in [-0.3, -0.25) is 0 Å². The van der Waals surface area contributed by atoms with Gasteiger partial charge in [0.05, 0.1) is 5.60 Å². The quantitative estimate of drug-likeness (QED) is 0.915.